The molecule has 0 spiro atoms. The predicted molar refractivity (Wildman–Crippen MR) is 89.0 cm³/mol. The van der Waals surface area contributed by atoms with Gasteiger partial charge in [0.2, 0.25) is 0 Å². The zero-order valence-electron chi connectivity index (χ0n) is 11.1. The third-order valence-electron chi connectivity index (χ3n) is 3.02. The highest BCUT2D eigenvalue weighted by molar-refractivity contribution is 7.92. The number of nitrogens with zero attached hydrogens (tertiary/aromatic N) is 1. The van der Waals surface area contributed by atoms with Gasteiger partial charge in [0.25, 0.3) is 10.0 Å². The van der Waals surface area contributed by atoms with Crippen LogP contribution in [-0.4, -0.2) is 13.4 Å². The zero-order chi connectivity index (χ0) is 15.7. The lowest BCUT2D eigenvalue weighted by molar-refractivity contribution is 0.601. The average Bonchev–Trinajstić information content (AvgIpc) is 2.49. The first kappa shape index (κ1) is 15.1. The Labute approximate surface area is 137 Å². The minimum atomic E-state index is -3.86. The molecular weight excluding hydrogens is 343 g/mol. The normalized spacial score (nSPS) is 11.5. The molecule has 0 radical (unpaired) electrons. The van der Waals surface area contributed by atoms with Gasteiger partial charge in [-0.25, -0.2) is 13.4 Å². The van der Waals surface area contributed by atoms with E-state index in [-0.39, 0.29) is 20.8 Å². The predicted octanol–water partition coefficient (Wildman–Crippen LogP) is 4.34. The summed E-state index contributed by atoms with van der Waals surface area (Å²) in [6.45, 7) is 0. The van der Waals surface area contributed by atoms with Gasteiger partial charge in [0.05, 0.1) is 10.5 Å². The second-order valence-corrected chi connectivity index (χ2v) is 7.06. The lowest BCUT2D eigenvalue weighted by Crippen LogP contribution is -2.14. The Morgan fingerprint density at radius 2 is 1.73 bits per heavy atom. The van der Waals surface area contributed by atoms with Crippen molar-refractivity contribution in [3.05, 3.63) is 64.6 Å². The maximum Gasteiger partial charge on any atom is 0.264 e. The number of anilines is 1. The number of rotatable bonds is 3. The molecule has 1 N–H and O–H groups in total. The Bertz CT molecular complexity index is 959. The van der Waals surface area contributed by atoms with Gasteiger partial charge in [0.15, 0.2) is 0 Å². The van der Waals surface area contributed by atoms with Gasteiger partial charge < -0.3 is 0 Å². The molecule has 0 aliphatic carbocycles. The monoisotopic (exact) mass is 352 g/mol. The highest BCUT2D eigenvalue weighted by atomic mass is 35.5. The SMILES string of the molecule is O=S(=O)(Nc1ccc2ccccc2n1)c1cc(Cl)ccc1Cl. The Kier molecular flexibility index (Phi) is 3.95. The van der Waals surface area contributed by atoms with Gasteiger partial charge in [-0.1, -0.05) is 41.4 Å². The number of sulfonamides is 1. The fourth-order valence-electron chi connectivity index (χ4n) is 2.00. The van der Waals surface area contributed by atoms with Crippen LogP contribution in [-0.2, 0) is 10.0 Å². The Hall–Kier alpha value is -1.82. The van der Waals surface area contributed by atoms with Crippen molar-refractivity contribution in [2.45, 2.75) is 4.90 Å². The van der Waals surface area contributed by atoms with E-state index < -0.39 is 10.0 Å². The van der Waals surface area contributed by atoms with Crippen LogP contribution >= 0.6 is 23.2 Å². The fraction of sp³-hybridized carbons (Fsp3) is 0. The molecular formula is C15H10Cl2N2O2S. The van der Waals surface area contributed by atoms with E-state index >= 15 is 0 Å². The first-order valence-electron chi connectivity index (χ1n) is 6.29. The molecule has 0 saturated carbocycles. The second kappa shape index (κ2) is 5.76. The van der Waals surface area contributed by atoms with Gasteiger partial charge in [-0.3, -0.25) is 4.72 Å². The average molecular weight is 353 g/mol. The van der Waals surface area contributed by atoms with Crippen molar-refractivity contribution in [3.63, 3.8) is 0 Å². The van der Waals surface area contributed by atoms with Crippen molar-refractivity contribution in [2.75, 3.05) is 4.72 Å². The number of hydrogen-bond donors (Lipinski definition) is 1. The summed E-state index contributed by atoms with van der Waals surface area (Å²) in [4.78, 5) is 4.19. The number of aromatic nitrogens is 1. The maximum absolute atomic E-state index is 12.4. The Balaban J connectivity index is 2.01. The third kappa shape index (κ3) is 3.02. The molecule has 0 amide bonds. The van der Waals surface area contributed by atoms with Gasteiger partial charge in [-0.2, -0.15) is 0 Å². The maximum atomic E-state index is 12.4. The van der Waals surface area contributed by atoms with Crippen LogP contribution in [0.1, 0.15) is 0 Å². The summed E-state index contributed by atoms with van der Waals surface area (Å²) < 4.78 is 27.2. The molecule has 112 valence electrons. The van der Waals surface area contributed by atoms with E-state index in [1.165, 1.54) is 18.2 Å². The van der Waals surface area contributed by atoms with Crippen molar-refractivity contribution in [1.29, 1.82) is 0 Å². The highest BCUT2D eigenvalue weighted by Gasteiger charge is 2.19. The molecule has 0 saturated heterocycles. The first-order valence-corrected chi connectivity index (χ1v) is 8.53. The smallest absolute Gasteiger partial charge is 0.263 e. The van der Waals surface area contributed by atoms with Crippen LogP contribution in [0.3, 0.4) is 0 Å². The summed E-state index contributed by atoms with van der Waals surface area (Å²) in [7, 11) is -3.86. The van der Waals surface area contributed by atoms with E-state index in [1.54, 1.807) is 18.2 Å². The summed E-state index contributed by atoms with van der Waals surface area (Å²) in [5.74, 6) is 0.217. The molecule has 3 rings (SSSR count). The highest BCUT2D eigenvalue weighted by Crippen LogP contribution is 2.26. The number of halogens is 2. The summed E-state index contributed by atoms with van der Waals surface area (Å²) in [5, 5.41) is 1.31. The molecule has 22 heavy (non-hydrogen) atoms. The van der Waals surface area contributed by atoms with E-state index in [0.717, 1.165) is 5.39 Å². The number of hydrogen-bond acceptors (Lipinski definition) is 3. The molecule has 7 heteroatoms. The summed E-state index contributed by atoms with van der Waals surface area (Å²) in [6.07, 6.45) is 0. The van der Waals surface area contributed by atoms with Gasteiger partial charge >= 0.3 is 0 Å². The van der Waals surface area contributed by atoms with Gasteiger partial charge in [-0.05, 0) is 36.4 Å². The van der Waals surface area contributed by atoms with Crippen molar-refractivity contribution >= 4 is 49.9 Å². The van der Waals surface area contributed by atoms with E-state index in [2.05, 4.69) is 9.71 Å². The second-order valence-electron chi connectivity index (χ2n) is 4.57. The molecule has 0 fully saturated rings. The largest absolute Gasteiger partial charge is 0.264 e. The Morgan fingerprint density at radius 1 is 0.955 bits per heavy atom. The van der Waals surface area contributed by atoms with Crippen LogP contribution in [0.4, 0.5) is 5.82 Å². The van der Waals surface area contributed by atoms with Crippen LogP contribution in [0.5, 0.6) is 0 Å². The fourth-order valence-corrected chi connectivity index (χ4v) is 3.76. The molecule has 0 atom stereocenters. The number of nitrogens with one attached hydrogen (secondary N) is 1. The number of benzene rings is 2. The van der Waals surface area contributed by atoms with Crippen molar-refractivity contribution in [2.24, 2.45) is 0 Å². The molecule has 2 aromatic carbocycles. The minimum Gasteiger partial charge on any atom is -0.263 e. The lowest BCUT2D eigenvalue weighted by Gasteiger charge is -2.09. The summed E-state index contributed by atoms with van der Waals surface area (Å²) in [5.41, 5.74) is 0.694. The van der Waals surface area contributed by atoms with Crippen molar-refractivity contribution in [3.8, 4) is 0 Å². The molecule has 0 unspecified atom stereocenters. The van der Waals surface area contributed by atoms with Crippen LogP contribution in [0.25, 0.3) is 10.9 Å². The quantitative estimate of drug-likeness (QED) is 0.762. The van der Waals surface area contributed by atoms with Crippen molar-refractivity contribution < 1.29 is 8.42 Å². The van der Waals surface area contributed by atoms with Crippen LogP contribution in [0.15, 0.2) is 59.5 Å². The topological polar surface area (TPSA) is 59.1 Å². The van der Waals surface area contributed by atoms with E-state index in [4.69, 9.17) is 23.2 Å². The van der Waals surface area contributed by atoms with E-state index in [9.17, 15) is 8.42 Å². The van der Waals surface area contributed by atoms with E-state index in [0.29, 0.717) is 5.52 Å². The first-order chi connectivity index (χ1) is 10.5. The summed E-state index contributed by atoms with van der Waals surface area (Å²) in [6, 6.07) is 15.1. The molecule has 4 nitrogen and oxygen atoms in total. The molecule has 3 aromatic rings. The molecule has 0 aliphatic rings. The zero-order valence-corrected chi connectivity index (χ0v) is 13.5. The number of pyridine rings is 1. The number of fused-ring (bicyclic) bond motifs is 1. The molecule has 1 aromatic heterocycles. The third-order valence-corrected chi connectivity index (χ3v) is 5.09. The van der Waals surface area contributed by atoms with Gasteiger partial charge in [-0.15, -0.1) is 0 Å². The molecule has 1 heterocycles. The van der Waals surface area contributed by atoms with Gasteiger partial charge in [0.1, 0.15) is 10.7 Å². The standard InChI is InChI=1S/C15H10Cl2N2O2S/c16-11-6-7-12(17)14(9-11)22(20,21)19-15-8-5-10-3-1-2-4-13(10)18-15/h1-9H,(H,18,19). The Morgan fingerprint density at radius 3 is 2.55 bits per heavy atom. The number of para-hydroxylation sites is 1. The van der Waals surface area contributed by atoms with Crippen molar-refractivity contribution in [1.82, 2.24) is 4.98 Å². The van der Waals surface area contributed by atoms with Crippen LogP contribution < -0.4 is 4.72 Å². The molecule has 0 aliphatic heterocycles. The summed E-state index contributed by atoms with van der Waals surface area (Å²) >= 11 is 11.8. The van der Waals surface area contributed by atoms with Crippen LogP contribution in [0.2, 0.25) is 10.0 Å². The van der Waals surface area contributed by atoms with Gasteiger partial charge in [0, 0.05) is 10.4 Å². The molecule has 0 bridgehead atoms. The van der Waals surface area contributed by atoms with Crippen LogP contribution in [0, 0.1) is 0 Å². The minimum absolute atomic E-state index is 0.0865. The van der Waals surface area contributed by atoms with E-state index in [1.807, 2.05) is 18.2 Å². The lowest BCUT2D eigenvalue weighted by atomic mass is 10.2.